The van der Waals surface area contributed by atoms with Crippen molar-refractivity contribution in [2.75, 3.05) is 18.4 Å². The molecule has 1 aliphatic rings. The van der Waals surface area contributed by atoms with Gasteiger partial charge in [0.15, 0.2) is 0 Å². The number of sulfonamides is 1. The van der Waals surface area contributed by atoms with Crippen molar-refractivity contribution in [3.8, 4) is 0 Å². The minimum absolute atomic E-state index is 0.00630. The molecule has 1 saturated carbocycles. The topological polar surface area (TPSA) is 87.3 Å². The minimum atomic E-state index is -3.42. The van der Waals surface area contributed by atoms with Crippen LogP contribution >= 0.6 is 0 Å². The lowest BCUT2D eigenvalue weighted by atomic mass is 10.1. The Morgan fingerprint density at radius 2 is 1.68 bits per heavy atom. The van der Waals surface area contributed by atoms with Gasteiger partial charge in [0.05, 0.1) is 4.90 Å². The summed E-state index contributed by atoms with van der Waals surface area (Å²) in [4.78, 5) is 12.2. The zero-order valence-corrected chi connectivity index (χ0v) is 16.7. The lowest BCUT2D eigenvalue weighted by molar-refractivity contribution is -0.121. The number of carbonyl (C=O) groups is 1. The van der Waals surface area contributed by atoms with Gasteiger partial charge in [-0.25, -0.2) is 13.1 Å². The van der Waals surface area contributed by atoms with E-state index in [2.05, 4.69) is 15.4 Å². The second-order valence-corrected chi connectivity index (χ2v) is 8.75. The number of carbonyl (C=O) groups excluding carboxylic acids is 1. The molecule has 3 rings (SSSR count). The maximum atomic E-state index is 12.1. The molecule has 1 fully saturated rings. The van der Waals surface area contributed by atoms with E-state index in [4.69, 9.17) is 0 Å². The smallest absolute Gasteiger partial charge is 0.240 e. The summed E-state index contributed by atoms with van der Waals surface area (Å²) in [6.07, 6.45) is 3.65. The number of nitrogens with one attached hydrogen (secondary N) is 3. The number of rotatable bonds is 11. The highest BCUT2D eigenvalue weighted by Crippen LogP contribution is 2.22. The van der Waals surface area contributed by atoms with Gasteiger partial charge in [-0.1, -0.05) is 30.3 Å². The van der Waals surface area contributed by atoms with Gasteiger partial charge in [0.25, 0.3) is 0 Å². The van der Waals surface area contributed by atoms with Crippen LogP contribution in [0.2, 0.25) is 0 Å². The van der Waals surface area contributed by atoms with E-state index in [0.717, 1.165) is 37.1 Å². The maximum Gasteiger partial charge on any atom is 0.240 e. The van der Waals surface area contributed by atoms with Gasteiger partial charge in [-0.05, 0) is 55.5 Å². The minimum Gasteiger partial charge on any atom is -0.385 e. The molecule has 1 aliphatic carbocycles. The maximum absolute atomic E-state index is 12.1. The van der Waals surface area contributed by atoms with Crippen LogP contribution < -0.4 is 15.4 Å². The molecule has 0 bridgehead atoms. The largest absolute Gasteiger partial charge is 0.385 e. The van der Waals surface area contributed by atoms with Crippen LogP contribution in [0.15, 0.2) is 59.5 Å². The Morgan fingerprint density at radius 1 is 0.964 bits per heavy atom. The fourth-order valence-corrected chi connectivity index (χ4v) is 4.08. The molecule has 6 nitrogen and oxygen atoms in total. The van der Waals surface area contributed by atoms with Crippen molar-refractivity contribution < 1.29 is 13.2 Å². The highest BCUT2D eigenvalue weighted by atomic mass is 32.2. The van der Waals surface area contributed by atoms with Crippen molar-refractivity contribution in [3.05, 3.63) is 60.2 Å². The van der Waals surface area contributed by atoms with Crippen LogP contribution in [0, 0.1) is 0 Å². The highest BCUT2D eigenvalue weighted by Gasteiger charge is 2.27. The van der Waals surface area contributed by atoms with E-state index in [1.165, 1.54) is 0 Å². The molecular formula is C21H27N3O3S. The van der Waals surface area contributed by atoms with Crippen molar-refractivity contribution in [2.24, 2.45) is 0 Å². The van der Waals surface area contributed by atoms with Crippen molar-refractivity contribution in [1.82, 2.24) is 10.0 Å². The summed E-state index contributed by atoms with van der Waals surface area (Å²) in [5.41, 5.74) is 2.03. The Morgan fingerprint density at radius 3 is 2.36 bits per heavy atom. The summed E-state index contributed by atoms with van der Waals surface area (Å²) in [6, 6.07) is 16.8. The number of hydrogen-bond donors (Lipinski definition) is 3. The predicted octanol–water partition coefficient (Wildman–Crippen LogP) is 2.68. The third kappa shape index (κ3) is 6.65. The normalized spacial score (nSPS) is 13.9. The zero-order valence-electron chi connectivity index (χ0n) is 15.9. The number of hydrogen-bond acceptors (Lipinski definition) is 4. The van der Waals surface area contributed by atoms with E-state index in [9.17, 15) is 13.2 Å². The monoisotopic (exact) mass is 401 g/mol. The van der Waals surface area contributed by atoms with Crippen molar-refractivity contribution in [3.63, 3.8) is 0 Å². The molecule has 7 heteroatoms. The molecule has 0 radical (unpaired) electrons. The van der Waals surface area contributed by atoms with Gasteiger partial charge in [-0.2, -0.15) is 0 Å². The quantitative estimate of drug-likeness (QED) is 0.505. The first-order valence-electron chi connectivity index (χ1n) is 9.70. The zero-order chi connectivity index (χ0) is 19.8. The fourth-order valence-electron chi connectivity index (χ4n) is 2.78. The molecule has 0 aromatic heterocycles. The first-order valence-corrected chi connectivity index (χ1v) is 11.2. The summed E-state index contributed by atoms with van der Waals surface area (Å²) in [6.45, 7) is 1.43. The summed E-state index contributed by atoms with van der Waals surface area (Å²) in [7, 11) is -3.42. The molecule has 150 valence electrons. The number of aryl methyl sites for hydroxylation is 1. The van der Waals surface area contributed by atoms with Gasteiger partial charge in [-0.3, -0.25) is 4.79 Å². The van der Waals surface area contributed by atoms with E-state index in [-0.39, 0.29) is 16.8 Å². The van der Waals surface area contributed by atoms with Crippen LogP contribution in [-0.2, 0) is 21.2 Å². The summed E-state index contributed by atoms with van der Waals surface area (Å²) in [5, 5.41) is 6.22. The third-order valence-electron chi connectivity index (χ3n) is 4.55. The van der Waals surface area contributed by atoms with Gasteiger partial charge < -0.3 is 10.6 Å². The molecule has 0 aliphatic heterocycles. The molecule has 0 spiro atoms. The van der Waals surface area contributed by atoms with Gasteiger partial charge in [0, 0.05) is 31.2 Å². The van der Waals surface area contributed by atoms with E-state index in [1.54, 1.807) is 24.3 Å². The molecule has 0 heterocycles. The number of anilines is 1. The number of benzene rings is 2. The van der Waals surface area contributed by atoms with Crippen molar-refractivity contribution in [2.45, 2.75) is 43.0 Å². The van der Waals surface area contributed by atoms with Crippen LogP contribution in [0.25, 0.3) is 0 Å². The molecule has 0 saturated heterocycles. The molecule has 1 amide bonds. The van der Waals surface area contributed by atoms with Crippen LogP contribution in [0.3, 0.4) is 0 Å². The third-order valence-corrected chi connectivity index (χ3v) is 6.09. The lowest BCUT2D eigenvalue weighted by Crippen LogP contribution is -2.26. The van der Waals surface area contributed by atoms with Crippen LogP contribution in [0.1, 0.15) is 31.2 Å². The highest BCUT2D eigenvalue weighted by molar-refractivity contribution is 7.89. The van der Waals surface area contributed by atoms with Crippen LogP contribution in [-0.4, -0.2) is 33.5 Å². The first kappa shape index (κ1) is 20.4. The molecule has 0 atom stereocenters. The van der Waals surface area contributed by atoms with E-state index < -0.39 is 10.0 Å². The summed E-state index contributed by atoms with van der Waals surface area (Å²) in [5.74, 6) is 0.00630. The standard InChI is InChI=1S/C21H27N3O3S/c25-21(23-16-4-15-22-18-5-2-1-3-6-18)14-9-17-7-12-20(13-8-17)28(26,27)24-19-10-11-19/h1-3,5-8,12-13,19,22,24H,4,9-11,14-16H2,(H,23,25). The molecule has 2 aromatic carbocycles. The average molecular weight is 402 g/mol. The van der Waals surface area contributed by atoms with E-state index in [1.807, 2.05) is 30.3 Å². The average Bonchev–Trinajstić information content (AvgIpc) is 3.50. The van der Waals surface area contributed by atoms with Crippen LogP contribution in [0.4, 0.5) is 5.69 Å². The SMILES string of the molecule is O=C(CCc1ccc(S(=O)(=O)NC2CC2)cc1)NCCCNc1ccccc1. The first-order chi connectivity index (χ1) is 13.5. The fraction of sp³-hybridized carbons (Fsp3) is 0.381. The van der Waals surface area contributed by atoms with Gasteiger partial charge >= 0.3 is 0 Å². The summed E-state index contributed by atoms with van der Waals surface area (Å²) < 4.78 is 26.9. The molecule has 28 heavy (non-hydrogen) atoms. The Hall–Kier alpha value is -2.38. The second kappa shape index (κ2) is 9.71. The Balaban J connectivity index is 1.33. The predicted molar refractivity (Wildman–Crippen MR) is 111 cm³/mol. The summed E-state index contributed by atoms with van der Waals surface area (Å²) >= 11 is 0. The van der Waals surface area contributed by atoms with Gasteiger partial charge in [-0.15, -0.1) is 0 Å². The molecule has 2 aromatic rings. The number of amides is 1. The Bertz CT molecular complexity index is 864. The van der Waals surface area contributed by atoms with Crippen molar-refractivity contribution >= 4 is 21.6 Å². The van der Waals surface area contributed by atoms with Gasteiger partial charge in [0.1, 0.15) is 0 Å². The van der Waals surface area contributed by atoms with Crippen LogP contribution in [0.5, 0.6) is 0 Å². The molecular weight excluding hydrogens is 374 g/mol. The molecule has 3 N–H and O–H groups in total. The van der Waals surface area contributed by atoms with Gasteiger partial charge in [0.2, 0.25) is 15.9 Å². The van der Waals surface area contributed by atoms with E-state index in [0.29, 0.717) is 19.4 Å². The molecule has 0 unspecified atom stereocenters. The van der Waals surface area contributed by atoms with Crippen molar-refractivity contribution in [1.29, 1.82) is 0 Å². The number of para-hydroxylation sites is 1. The second-order valence-electron chi connectivity index (χ2n) is 7.04. The Kier molecular flexibility index (Phi) is 7.06. The Labute approximate surface area is 166 Å². The van der Waals surface area contributed by atoms with E-state index >= 15 is 0 Å². The lowest BCUT2D eigenvalue weighted by Gasteiger charge is -2.08.